The average molecular weight is 165 g/mol. The Hall–Kier alpha value is -0.950. The van der Waals surface area contributed by atoms with Gasteiger partial charge in [-0.1, -0.05) is 0 Å². The Kier molecular flexibility index (Phi) is 1.26. The first-order valence-electron chi connectivity index (χ1n) is 2.24. The van der Waals surface area contributed by atoms with Gasteiger partial charge in [0.2, 0.25) is 5.25 Å². The zero-order chi connectivity index (χ0) is 7.94. The van der Waals surface area contributed by atoms with Gasteiger partial charge >= 0.3 is 0 Å². The van der Waals surface area contributed by atoms with Gasteiger partial charge in [0.1, 0.15) is 0 Å². The van der Waals surface area contributed by atoms with Crippen LogP contribution in [0.4, 0.5) is 0 Å². The van der Waals surface area contributed by atoms with E-state index >= 15 is 0 Å². The Bertz CT molecular complexity index is 276. The van der Waals surface area contributed by atoms with Crippen LogP contribution in [0, 0.1) is 0 Å². The van der Waals surface area contributed by atoms with E-state index < -0.39 is 27.2 Å². The van der Waals surface area contributed by atoms with Crippen LogP contribution >= 0.6 is 0 Å². The summed E-state index contributed by atoms with van der Waals surface area (Å²) in [6.45, 7) is 0. The number of rotatable bonds is 1. The van der Waals surface area contributed by atoms with Gasteiger partial charge in [-0.05, 0) is 0 Å². The molecule has 6 nitrogen and oxygen atoms in total. The van der Waals surface area contributed by atoms with Crippen LogP contribution in [0.3, 0.4) is 0 Å². The van der Waals surface area contributed by atoms with Crippen molar-refractivity contribution in [3.8, 4) is 0 Å². The van der Waals surface area contributed by atoms with Crippen LogP contribution in [0.25, 0.3) is 0 Å². The Morgan fingerprint density at radius 2 is 1.70 bits per heavy atom. The van der Waals surface area contributed by atoms with Crippen molar-refractivity contribution in [1.29, 1.82) is 0 Å². The number of carbonyl (C=O) groups excluding carboxylic acids is 2. The number of amides is 2. The van der Waals surface area contributed by atoms with Crippen molar-refractivity contribution in [1.82, 2.24) is 5.32 Å². The minimum absolute atomic E-state index is 0.979. The lowest BCUT2D eigenvalue weighted by molar-refractivity contribution is -0.140. The first kappa shape index (κ1) is 7.16. The number of β-lactam (4-membered cyclic amide) rings is 2. The van der Waals surface area contributed by atoms with E-state index in [9.17, 15) is 18.0 Å². The smallest absolute Gasteiger partial charge is 0.286 e. The second kappa shape index (κ2) is 1.77. The molecule has 0 aromatic carbocycles. The first-order valence-corrected chi connectivity index (χ1v) is 3.74. The van der Waals surface area contributed by atoms with E-state index in [0.29, 0.717) is 0 Å². The molecule has 0 atom stereocenters. The van der Waals surface area contributed by atoms with Crippen LogP contribution < -0.4 is 5.32 Å². The second-order valence-corrected chi connectivity index (χ2v) is 3.25. The second-order valence-electron chi connectivity index (χ2n) is 1.75. The third kappa shape index (κ3) is 0.888. The van der Waals surface area contributed by atoms with Gasteiger partial charge in [0, 0.05) is 0 Å². The molecule has 1 aliphatic rings. The fourth-order valence-electron chi connectivity index (χ4n) is 0.564. The number of nitrogens with one attached hydrogen (secondary N) is 1. The van der Waals surface area contributed by atoms with Gasteiger partial charge in [0.05, 0.1) is 0 Å². The molecule has 0 unspecified atom stereocenters. The number of hydrogen-bond donors (Lipinski definition) is 2. The van der Waals surface area contributed by atoms with E-state index in [0.717, 1.165) is 0 Å². The largest absolute Gasteiger partial charge is 0.293 e. The summed E-state index contributed by atoms with van der Waals surface area (Å²) in [7, 11) is -4.53. The summed E-state index contributed by atoms with van der Waals surface area (Å²) in [5.41, 5.74) is 0. The minimum Gasteiger partial charge on any atom is -0.293 e. The van der Waals surface area contributed by atoms with Crippen molar-refractivity contribution in [3.05, 3.63) is 0 Å². The van der Waals surface area contributed by atoms with Crippen LogP contribution in [0.15, 0.2) is 0 Å². The predicted octanol–water partition coefficient (Wildman–Crippen LogP) is -2.10. The van der Waals surface area contributed by atoms with Crippen LogP contribution in [-0.2, 0) is 19.7 Å². The van der Waals surface area contributed by atoms with Gasteiger partial charge in [0.15, 0.2) is 0 Å². The number of carbonyl (C=O) groups is 2. The van der Waals surface area contributed by atoms with Gasteiger partial charge in [-0.25, -0.2) is 0 Å². The highest BCUT2D eigenvalue weighted by atomic mass is 32.2. The van der Waals surface area contributed by atoms with Crippen molar-refractivity contribution >= 4 is 21.9 Å². The lowest BCUT2D eigenvalue weighted by Gasteiger charge is -2.19. The average Bonchev–Trinajstić information content (AvgIpc) is 1.58. The van der Waals surface area contributed by atoms with Crippen LogP contribution in [0.2, 0.25) is 0 Å². The van der Waals surface area contributed by atoms with Gasteiger partial charge in [-0.3, -0.25) is 19.5 Å². The number of imide groups is 1. The molecule has 0 aliphatic carbocycles. The van der Waals surface area contributed by atoms with Crippen molar-refractivity contribution in [2.75, 3.05) is 0 Å². The topological polar surface area (TPSA) is 101 Å². The quantitative estimate of drug-likeness (QED) is 0.263. The highest BCUT2D eigenvalue weighted by Crippen LogP contribution is 2.06. The lowest BCUT2D eigenvalue weighted by atomic mass is 10.2. The Balaban J connectivity index is 2.95. The maximum atomic E-state index is 10.2. The molecule has 1 aliphatic heterocycles. The monoisotopic (exact) mass is 165 g/mol. The maximum Gasteiger partial charge on any atom is 0.286 e. The van der Waals surface area contributed by atoms with Crippen molar-refractivity contribution in [2.45, 2.75) is 5.25 Å². The SMILES string of the molecule is O=C1NC(=O)C1S(=O)(=O)O. The summed E-state index contributed by atoms with van der Waals surface area (Å²) in [4.78, 5) is 20.4. The highest BCUT2D eigenvalue weighted by Gasteiger charge is 2.47. The molecule has 2 amide bonds. The molecule has 0 saturated carbocycles. The van der Waals surface area contributed by atoms with E-state index in [1.54, 1.807) is 5.32 Å². The summed E-state index contributed by atoms with van der Waals surface area (Å²) >= 11 is 0. The molecule has 1 saturated heterocycles. The molecule has 0 aromatic rings. The van der Waals surface area contributed by atoms with Gasteiger partial charge in [-0.15, -0.1) is 0 Å². The van der Waals surface area contributed by atoms with Crippen LogP contribution in [-0.4, -0.2) is 30.0 Å². The molecule has 2 N–H and O–H groups in total. The zero-order valence-corrected chi connectivity index (χ0v) is 5.38. The summed E-state index contributed by atoms with van der Waals surface area (Å²) in [6, 6.07) is 0. The molecule has 56 valence electrons. The van der Waals surface area contributed by atoms with Crippen molar-refractivity contribution in [2.24, 2.45) is 0 Å². The molecule has 0 spiro atoms. The van der Waals surface area contributed by atoms with Gasteiger partial charge < -0.3 is 0 Å². The minimum atomic E-state index is -4.53. The van der Waals surface area contributed by atoms with Gasteiger partial charge in [-0.2, -0.15) is 8.42 Å². The van der Waals surface area contributed by atoms with Crippen LogP contribution in [0.1, 0.15) is 0 Å². The van der Waals surface area contributed by atoms with E-state index in [4.69, 9.17) is 4.55 Å². The van der Waals surface area contributed by atoms with E-state index in [1.165, 1.54) is 0 Å². The summed E-state index contributed by atoms with van der Waals surface area (Å²) in [6.07, 6.45) is 0. The van der Waals surface area contributed by atoms with Crippen molar-refractivity contribution in [3.63, 3.8) is 0 Å². The van der Waals surface area contributed by atoms with Crippen LogP contribution in [0.5, 0.6) is 0 Å². The standard InChI is InChI=1S/C3H3NO5S/c5-2-1(3(6)4-2)10(7,8)9/h1H,(H,4,5,6)(H,7,8,9). The fraction of sp³-hybridized carbons (Fsp3) is 0.333. The Morgan fingerprint density at radius 3 is 1.80 bits per heavy atom. The van der Waals surface area contributed by atoms with E-state index in [2.05, 4.69) is 0 Å². The predicted molar refractivity (Wildman–Crippen MR) is 28.5 cm³/mol. The normalized spacial score (nSPS) is 20.1. The first-order chi connectivity index (χ1) is 4.43. The third-order valence-corrected chi connectivity index (χ3v) is 2.04. The van der Waals surface area contributed by atoms with Crippen molar-refractivity contribution < 1.29 is 22.6 Å². The lowest BCUT2D eigenvalue weighted by Crippen LogP contribution is -2.62. The molecule has 7 heteroatoms. The van der Waals surface area contributed by atoms with Gasteiger partial charge in [0.25, 0.3) is 21.9 Å². The number of hydrogen-bond acceptors (Lipinski definition) is 4. The molecular weight excluding hydrogens is 162 g/mol. The fourth-order valence-corrected chi connectivity index (χ4v) is 1.22. The van der Waals surface area contributed by atoms with E-state index in [1.807, 2.05) is 0 Å². The third-order valence-electron chi connectivity index (χ3n) is 1.02. The maximum absolute atomic E-state index is 10.2. The zero-order valence-electron chi connectivity index (χ0n) is 4.57. The summed E-state index contributed by atoms with van der Waals surface area (Å²) < 4.78 is 28.4. The molecule has 1 rings (SSSR count). The molecule has 0 radical (unpaired) electrons. The van der Waals surface area contributed by atoms with E-state index in [-0.39, 0.29) is 0 Å². The highest BCUT2D eigenvalue weighted by molar-refractivity contribution is 7.88. The molecular formula is C3H3NO5S. The molecule has 0 aromatic heterocycles. The molecule has 1 heterocycles. The summed E-state index contributed by atoms with van der Waals surface area (Å²) in [5.74, 6) is -1.96. The Morgan fingerprint density at radius 1 is 1.30 bits per heavy atom. The summed E-state index contributed by atoms with van der Waals surface area (Å²) in [5, 5.41) is -0.251. The molecule has 1 fully saturated rings. The molecule has 0 bridgehead atoms. The molecule has 10 heavy (non-hydrogen) atoms. The Labute approximate surface area is 56.0 Å².